The van der Waals surface area contributed by atoms with Gasteiger partial charge in [-0.15, -0.1) is 0 Å². The molecule has 0 saturated heterocycles. The number of aryl methyl sites for hydroxylation is 2. The Kier molecular flexibility index (Phi) is 9.63. The summed E-state index contributed by atoms with van der Waals surface area (Å²) in [7, 11) is 0. The van der Waals surface area contributed by atoms with E-state index in [9.17, 15) is 9.59 Å². The van der Waals surface area contributed by atoms with E-state index < -0.39 is 11.6 Å². The number of nitrogens with zero attached hydrogens (tertiary/aromatic N) is 1. The minimum atomic E-state index is -0.788. The molecule has 196 valence electrons. The van der Waals surface area contributed by atoms with Gasteiger partial charge in [0, 0.05) is 28.5 Å². The van der Waals surface area contributed by atoms with E-state index >= 15 is 0 Å². The first kappa shape index (κ1) is 28.5. The number of ether oxygens (including phenoxy) is 1. The van der Waals surface area contributed by atoms with E-state index in [1.54, 1.807) is 23.1 Å². The number of benzene rings is 3. The molecule has 0 aliphatic heterocycles. The van der Waals surface area contributed by atoms with Crippen LogP contribution in [0.4, 0.5) is 0 Å². The van der Waals surface area contributed by atoms with Crippen molar-refractivity contribution in [3.05, 3.63) is 99.0 Å². The molecule has 1 atom stereocenters. The smallest absolute Gasteiger partial charge is 0.261 e. The molecule has 0 aromatic heterocycles. The second-order valence-corrected chi connectivity index (χ2v) is 11.1. The minimum absolute atomic E-state index is 0.125. The zero-order valence-corrected chi connectivity index (χ0v) is 23.5. The summed E-state index contributed by atoms with van der Waals surface area (Å²) in [5.41, 5.74) is 3.36. The first-order chi connectivity index (χ1) is 17.4. The van der Waals surface area contributed by atoms with E-state index in [2.05, 4.69) is 5.32 Å². The van der Waals surface area contributed by atoms with Crippen molar-refractivity contribution in [2.45, 2.75) is 59.2 Å². The lowest BCUT2D eigenvalue weighted by molar-refractivity contribution is -0.143. The number of carbonyl (C=O) groups excluding carboxylic acids is 2. The predicted octanol–water partition coefficient (Wildman–Crippen LogP) is 6.54. The number of hydrogen-bond donors (Lipinski definition) is 1. The molecule has 0 radical (unpaired) electrons. The molecular weight excluding hydrogens is 507 g/mol. The highest BCUT2D eigenvalue weighted by Crippen LogP contribution is 2.25. The predicted molar refractivity (Wildman–Crippen MR) is 150 cm³/mol. The van der Waals surface area contributed by atoms with Crippen LogP contribution in [0.5, 0.6) is 5.75 Å². The number of rotatable bonds is 9. The second kappa shape index (κ2) is 12.5. The number of nitrogens with one attached hydrogen (secondary N) is 1. The van der Waals surface area contributed by atoms with Gasteiger partial charge in [-0.3, -0.25) is 9.59 Å². The summed E-state index contributed by atoms with van der Waals surface area (Å²) in [4.78, 5) is 28.8. The Balaban J connectivity index is 1.96. The van der Waals surface area contributed by atoms with Crippen LogP contribution in [0.3, 0.4) is 0 Å². The van der Waals surface area contributed by atoms with Gasteiger partial charge in [-0.05, 0) is 81.1 Å². The molecule has 1 N–H and O–H groups in total. The summed E-state index contributed by atoms with van der Waals surface area (Å²) in [5, 5.41) is 3.97. The Morgan fingerprint density at radius 1 is 0.946 bits per heavy atom. The van der Waals surface area contributed by atoms with Crippen molar-refractivity contribution < 1.29 is 14.3 Å². The zero-order chi connectivity index (χ0) is 27.2. The molecule has 3 aromatic rings. The first-order valence-electron chi connectivity index (χ1n) is 12.2. The van der Waals surface area contributed by atoms with Crippen molar-refractivity contribution in [2.75, 3.05) is 6.61 Å². The van der Waals surface area contributed by atoms with Gasteiger partial charge >= 0.3 is 0 Å². The van der Waals surface area contributed by atoms with Crippen molar-refractivity contribution in [3.8, 4) is 5.75 Å². The zero-order valence-electron chi connectivity index (χ0n) is 22.0. The molecular formula is C30H34Cl2N2O3. The molecule has 3 rings (SSSR count). The van der Waals surface area contributed by atoms with Crippen LogP contribution in [-0.2, 0) is 22.6 Å². The maximum absolute atomic E-state index is 13.7. The SMILES string of the molecule is Cc1ccc(OCC(=O)N(Cc2ccc(Cl)cc2Cl)[C@@H](Cc2ccccc2)C(=O)NC(C)(C)C)cc1C. The molecule has 0 spiro atoms. The van der Waals surface area contributed by atoms with Crippen LogP contribution >= 0.6 is 23.2 Å². The van der Waals surface area contributed by atoms with Gasteiger partial charge in [0.25, 0.3) is 5.91 Å². The second-order valence-electron chi connectivity index (χ2n) is 10.2. The monoisotopic (exact) mass is 540 g/mol. The van der Waals surface area contributed by atoms with Crippen LogP contribution < -0.4 is 10.1 Å². The molecule has 0 unspecified atom stereocenters. The van der Waals surface area contributed by atoms with Crippen LogP contribution in [0, 0.1) is 13.8 Å². The number of hydrogen-bond acceptors (Lipinski definition) is 3. The Labute approximate surface area is 229 Å². The lowest BCUT2D eigenvalue weighted by atomic mass is 10.0. The van der Waals surface area contributed by atoms with Crippen molar-refractivity contribution in [3.63, 3.8) is 0 Å². The van der Waals surface area contributed by atoms with E-state index in [0.717, 1.165) is 16.7 Å². The Morgan fingerprint density at radius 2 is 1.65 bits per heavy atom. The Morgan fingerprint density at radius 3 is 2.27 bits per heavy atom. The van der Waals surface area contributed by atoms with Crippen LogP contribution in [0.15, 0.2) is 66.7 Å². The van der Waals surface area contributed by atoms with Gasteiger partial charge in [0.1, 0.15) is 11.8 Å². The fraction of sp³-hybridized carbons (Fsp3) is 0.333. The third-order valence-electron chi connectivity index (χ3n) is 5.97. The lowest BCUT2D eigenvalue weighted by Gasteiger charge is -2.34. The van der Waals surface area contributed by atoms with Gasteiger partial charge in [-0.25, -0.2) is 0 Å². The number of halogens is 2. The largest absolute Gasteiger partial charge is 0.484 e. The van der Waals surface area contributed by atoms with E-state index in [4.69, 9.17) is 27.9 Å². The Hall–Kier alpha value is -3.02. The quantitative estimate of drug-likeness (QED) is 0.335. The van der Waals surface area contributed by atoms with Crippen LogP contribution in [-0.4, -0.2) is 34.9 Å². The van der Waals surface area contributed by atoms with Gasteiger partial charge in [-0.1, -0.05) is 65.7 Å². The highest BCUT2D eigenvalue weighted by Gasteiger charge is 2.32. The molecule has 0 bridgehead atoms. The molecule has 37 heavy (non-hydrogen) atoms. The number of carbonyl (C=O) groups is 2. The average molecular weight is 542 g/mol. The summed E-state index contributed by atoms with van der Waals surface area (Å²) in [6, 6.07) is 19.7. The van der Waals surface area contributed by atoms with Crippen LogP contribution in [0.1, 0.15) is 43.0 Å². The van der Waals surface area contributed by atoms with Crippen molar-refractivity contribution >= 4 is 35.0 Å². The molecule has 3 aromatic carbocycles. The third-order valence-corrected chi connectivity index (χ3v) is 6.55. The maximum atomic E-state index is 13.7. The van der Waals surface area contributed by atoms with E-state index in [-0.39, 0.29) is 25.0 Å². The fourth-order valence-corrected chi connectivity index (χ4v) is 4.34. The lowest BCUT2D eigenvalue weighted by Crippen LogP contribution is -2.55. The molecule has 0 fully saturated rings. The molecule has 0 saturated carbocycles. The van der Waals surface area contributed by atoms with Crippen molar-refractivity contribution in [1.29, 1.82) is 0 Å². The van der Waals surface area contributed by atoms with Gasteiger partial charge in [0.05, 0.1) is 0 Å². The van der Waals surface area contributed by atoms with E-state index in [1.807, 2.05) is 83.1 Å². The van der Waals surface area contributed by atoms with Crippen molar-refractivity contribution in [2.24, 2.45) is 0 Å². The maximum Gasteiger partial charge on any atom is 0.261 e. The summed E-state index contributed by atoms with van der Waals surface area (Å²) in [6.07, 6.45) is 0.337. The normalized spacial score (nSPS) is 12.1. The minimum Gasteiger partial charge on any atom is -0.484 e. The summed E-state index contributed by atoms with van der Waals surface area (Å²) in [5.74, 6) is 0.0230. The molecule has 2 amide bonds. The topological polar surface area (TPSA) is 58.6 Å². The summed E-state index contributed by atoms with van der Waals surface area (Å²) >= 11 is 12.6. The molecule has 0 heterocycles. The van der Waals surface area contributed by atoms with Gasteiger partial charge in [0.15, 0.2) is 6.61 Å². The molecule has 0 aliphatic carbocycles. The van der Waals surface area contributed by atoms with E-state index in [0.29, 0.717) is 27.8 Å². The third kappa shape index (κ3) is 8.51. The van der Waals surface area contributed by atoms with Gasteiger partial charge < -0.3 is 15.0 Å². The highest BCUT2D eigenvalue weighted by atomic mass is 35.5. The summed E-state index contributed by atoms with van der Waals surface area (Å²) < 4.78 is 5.88. The van der Waals surface area contributed by atoms with E-state index in [1.165, 1.54) is 0 Å². The number of amides is 2. The van der Waals surface area contributed by atoms with Gasteiger partial charge in [-0.2, -0.15) is 0 Å². The average Bonchev–Trinajstić information content (AvgIpc) is 2.82. The van der Waals surface area contributed by atoms with Crippen molar-refractivity contribution in [1.82, 2.24) is 10.2 Å². The van der Waals surface area contributed by atoms with Crippen LogP contribution in [0.2, 0.25) is 10.0 Å². The Bertz CT molecular complexity index is 1240. The van der Waals surface area contributed by atoms with Gasteiger partial charge in [0.2, 0.25) is 5.91 Å². The molecule has 7 heteroatoms. The molecule has 5 nitrogen and oxygen atoms in total. The summed E-state index contributed by atoms with van der Waals surface area (Å²) in [6.45, 7) is 9.65. The van der Waals surface area contributed by atoms with Crippen LogP contribution in [0.25, 0.3) is 0 Å². The first-order valence-corrected chi connectivity index (χ1v) is 13.0. The standard InChI is InChI=1S/C30H34Cl2N2O3/c1-20-11-14-25(15-21(20)2)37-19-28(35)34(18-23-12-13-24(31)17-26(23)32)27(29(36)33-30(3,4)5)16-22-9-7-6-8-10-22/h6-15,17,27H,16,18-19H2,1-5H3,(H,33,36)/t27-/m0/s1. The fourth-order valence-electron chi connectivity index (χ4n) is 3.87. The highest BCUT2D eigenvalue weighted by molar-refractivity contribution is 6.35. The molecule has 0 aliphatic rings.